The summed E-state index contributed by atoms with van der Waals surface area (Å²) in [6, 6.07) is 5.26. The van der Waals surface area contributed by atoms with Gasteiger partial charge in [0.05, 0.1) is 10.7 Å². The van der Waals surface area contributed by atoms with E-state index in [1.54, 1.807) is 18.2 Å². The van der Waals surface area contributed by atoms with Gasteiger partial charge < -0.3 is 5.32 Å². The minimum absolute atomic E-state index is 0.165. The predicted molar refractivity (Wildman–Crippen MR) is 59.4 cm³/mol. The highest BCUT2D eigenvalue weighted by Gasteiger charge is 2.07. The number of hydrogen-bond donors (Lipinski definition) is 1. The zero-order valence-electron chi connectivity index (χ0n) is 8.48. The van der Waals surface area contributed by atoms with Crippen molar-refractivity contribution < 1.29 is 4.39 Å². The van der Waals surface area contributed by atoms with Gasteiger partial charge in [-0.1, -0.05) is 31.0 Å². The molecule has 0 fully saturated rings. The molecule has 1 aromatic rings. The van der Waals surface area contributed by atoms with Gasteiger partial charge in [-0.15, -0.1) is 0 Å². The maximum atomic E-state index is 13.4. The number of nitrogens with one attached hydrogen (secondary N) is 1. The Morgan fingerprint density at radius 2 is 2.21 bits per heavy atom. The fraction of sp³-hybridized carbons (Fsp3) is 0.455. The summed E-state index contributed by atoms with van der Waals surface area (Å²) in [7, 11) is 0. The second kappa shape index (κ2) is 5.20. The first-order valence-corrected chi connectivity index (χ1v) is 5.23. The van der Waals surface area contributed by atoms with Gasteiger partial charge in [0.1, 0.15) is 0 Å². The van der Waals surface area contributed by atoms with Crippen LogP contribution >= 0.6 is 11.6 Å². The molecule has 0 aliphatic carbocycles. The van der Waals surface area contributed by atoms with E-state index in [9.17, 15) is 4.39 Å². The van der Waals surface area contributed by atoms with E-state index in [1.807, 2.05) is 6.92 Å². The third-order valence-corrected chi connectivity index (χ3v) is 2.37. The van der Waals surface area contributed by atoms with Crippen molar-refractivity contribution in [1.82, 2.24) is 0 Å². The number of benzene rings is 1. The van der Waals surface area contributed by atoms with Crippen molar-refractivity contribution >= 4 is 17.3 Å². The van der Waals surface area contributed by atoms with E-state index < -0.39 is 0 Å². The maximum absolute atomic E-state index is 13.4. The largest absolute Gasteiger partial charge is 0.380 e. The molecule has 78 valence electrons. The molecule has 0 saturated heterocycles. The molecule has 1 aromatic carbocycles. The Kier molecular flexibility index (Phi) is 4.21. The highest BCUT2D eigenvalue weighted by molar-refractivity contribution is 6.31. The van der Waals surface area contributed by atoms with E-state index in [0.29, 0.717) is 5.69 Å². The van der Waals surface area contributed by atoms with Crippen LogP contribution in [0.1, 0.15) is 26.7 Å². The summed E-state index contributed by atoms with van der Waals surface area (Å²) < 4.78 is 13.4. The van der Waals surface area contributed by atoms with Gasteiger partial charge in [0.15, 0.2) is 5.82 Å². The fourth-order valence-corrected chi connectivity index (χ4v) is 1.56. The molecule has 0 heterocycles. The molecule has 0 amide bonds. The van der Waals surface area contributed by atoms with Crippen LogP contribution in [0.5, 0.6) is 0 Å². The zero-order valence-corrected chi connectivity index (χ0v) is 9.24. The molecule has 1 atom stereocenters. The number of halogens is 2. The molecule has 1 N–H and O–H groups in total. The lowest BCUT2D eigenvalue weighted by Crippen LogP contribution is -2.15. The van der Waals surface area contributed by atoms with Gasteiger partial charge >= 0.3 is 0 Å². The van der Waals surface area contributed by atoms with E-state index in [-0.39, 0.29) is 16.9 Å². The summed E-state index contributed by atoms with van der Waals surface area (Å²) in [5, 5.41) is 3.26. The summed E-state index contributed by atoms with van der Waals surface area (Å²) in [4.78, 5) is 0. The summed E-state index contributed by atoms with van der Waals surface area (Å²) in [6.07, 6.45) is 2.10. The number of anilines is 1. The molecule has 3 heteroatoms. The highest BCUT2D eigenvalue weighted by Crippen LogP contribution is 2.22. The first-order valence-electron chi connectivity index (χ1n) is 4.85. The lowest BCUT2D eigenvalue weighted by molar-refractivity contribution is 0.620. The van der Waals surface area contributed by atoms with Crippen molar-refractivity contribution in [2.75, 3.05) is 5.32 Å². The zero-order chi connectivity index (χ0) is 10.6. The molecule has 0 aromatic heterocycles. The Hall–Kier alpha value is -0.760. The Balaban J connectivity index is 2.71. The van der Waals surface area contributed by atoms with E-state index in [4.69, 9.17) is 11.6 Å². The van der Waals surface area contributed by atoms with Gasteiger partial charge in [0, 0.05) is 6.04 Å². The van der Waals surface area contributed by atoms with Gasteiger partial charge in [-0.2, -0.15) is 0 Å². The molecule has 1 unspecified atom stereocenters. The highest BCUT2D eigenvalue weighted by atomic mass is 35.5. The molecule has 14 heavy (non-hydrogen) atoms. The van der Waals surface area contributed by atoms with Crippen LogP contribution in [0.4, 0.5) is 10.1 Å². The van der Waals surface area contributed by atoms with Crippen molar-refractivity contribution in [3.63, 3.8) is 0 Å². The summed E-state index contributed by atoms with van der Waals surface area (Å²) >= 11 is 5.66. The third kappa shape index (κ3) is 2.88. The monoisotopic (exact) mass is 215 g/mol. The molecule has 0 radical (unpaired) electrons. The molecule has 0 bridgehead atoms. The van der Waals surface area contributed by atoms with E-state index in [0.717, 1.165) is 12.8 Å². The van der Waals surface area contributed by atoms with Crippen LogP contribution in [-0.2, 0) is 0 Å². The van der Waals surface area contributed by atoms with Crippen molar-refractivity contribution in [1.29, 1.82) is 0 Å². The first kappa shape index (κ1) is 11.3. The van der Waals surface area contributed by atoms with Gasteiger partial charge in [0.2, 0.25) is 0 Å². The minimum atomic E-state index is -0.364. The average molecular weight is 216 g/mol. The standard InChI is InChI=1S/C11H15ClFN/c1-3-5-8(2)14-10-7-4-6-9(12)11(10)13/h4,6-8,14H,3,5H2,1-2H3. The van der Waals surface area contributed by atoms with Gasteiger partial charge in [-0.25, -0.2) is 4.39 Å². The second-order valence-corrected chi connectivity index (χ2v) is 3.84. The van der Waals surface area contributed by atoms with Crippen molar-refractivity contribution in [3.05, 3.63) is 29.0 Å². The second-order valence-electron chi connectivity index (χ2n) is 3.44. The van der Waals surface area contributed by atoms with E-state index in [2.05, 4.69) is 12.2 Å². The van der Waals surface area contributed by atoms with Crippen LogP contribution in [0.2, 0.25) is 5.02 Å². The molecule has 0 spiro atoms. The molecule has 0 saturated carbocycles. The first-order chi connectivity index (χ1) is 6.65. The van der Waals surface area contributed by atoms with Crippen molar-refractivity contribution in [2.45, 2.75) is 32.7 Å². The topological polar surface area (TPSA) is 12.0 Å². The van der Waals surface area contributed by atoms with Crippen LogP contribution in [0.15, 0.2) is 18.2 Å². The SMILES string of the molecule is CCCC(C)Nc1cccc(Cl)c1F. The lowest BCUT2D eigenvalue weighted by Gasteiger charge is -2.15. The maximum Gasteiger partial charge on any atom is 0.164 e. The van der Waals surface area contributed by atoms with Crippen LogP contribution in [-0.4, -0.2) is 6.04 Å². The van der Waals surface area contributed by atoms with Gasteiger partial charge in [-0.3, -0.25) is 0 Å². The van der Waals surface area contributed by atoms with Gasteiger partial charge in [-0.05, 0) is 25.5 Å². The van der Waals surface area contributed by atoms with Crippen LogP contribution in [0, 0.1) is 5.82 Å². The molecule has 1 rings (SSSR count). The predicted octanol–water partition coefficient (Wildman–Crippen LogP) is 4.08. The molecule has 0 aliphatic rings. The number of hydrogen-bond acceptors (Lipinski definition) is 1. The van der Waals surface area contributed by atoms with E-state index in [1.165, 1.54) is 0 Å². The average Bonchev–Trinajstić information content (AvgIpc) is 2.13. The Labute approximate surface area is 89.3 Å². The molecule has 1 nitrogen and oxygen atoms in total. The van der Waals surface area contributed by atoms with Crippen LogP contribution in [0.3, 0.4) is 0 Å². The summed E-state index contributed by atoms with van der Waals surface area (Å²) in [5.41, 5.74) is 0.485. The smallest absolute Gasteiger partial charge is 0.164 e. The van der Waals surface area contributed by atoms with Gasteiger partial charge in [0.25, 0.3) is 0 Å². The third-order valence-electron chi connectivity index (χ3n) is 2.08. The molecule has 0 aliphatic heterocycles. The fourth-order valence-electron chi connectivity index (χ4n) is 1.39. The Bertz CT molecular complexity index is 301. The van der Waals surface area contributed by atoms with Crippen LogP contribution in [0.25, 0.3) is 0 Å². The summed E-state index contributed by atoms with van der Waals surface area (Å²) in [6.45, 7) is 4.14. The Morgan fingerprint density at radius 1 is 1.50 bits per heavy atom. The number of rotatable bonds is 4. The molecular weight excluding hydrogens is 201 g/mol. The Morgan fingerprint density at radius 3 is 2.86 bits per heavy atom. The minimum Gasteiger partial charge on any atom is -0.380 e. The van der Waals surface area contributed by atoms with Crippen molar-refractivity contribution in [2.24, 2.45) is 0 Å². The van der Waals surface area contributed by atoms with Crippen molar-refractivity contribution in [3.8, 4) is 0 Å². The normalized spacial score (nSPS) is 12.6. The summed E-state index contributed by atoms with van der Waals surface area (Å²) in [5.74, 6) is -0.364. The van der Waals surface area contributed by atoms with Crippen LogP contribution < -0.4 is 5.32 Å². The quantitative estimate of drug-likeness (QED) is 0.798. The van der Waals surface area contributed by atoms with E-state index >= 15 is 0 Å². The molecular formula is C11H15ClFN. The lowest BCUT2D eigenvalue weighted by atomic mass is 10.2.